The Morgan fingerprint density at radius 1 is 1.22 bits per heavy atom. The molecule has 128 valence electrons. The molecule has 2 amide bonds. The number of likely N-dealkylation sites (tertiary alicyclic amines) is 1. The number of carbonyl (C=O) groups excluding carboxylic acids is 2. The molecule has 0 bridgehead atoms. The molecule has 0 aliphatic carbocycles. The molecule has 1 fully saturated rings. The van der Waals surface area contributed by atoms with E-state index in [-0.39, 0.29) is 6.04 Å². The summed E-state index contributed by atoms with van der Waals surface area (Å²) in [5.74, 6) is -0.419. The van der Waals surface area contributed by atoms with Crippen molar-refractivity contribution in [3.05, 3.63) is 11.5 Å². The summed E-state index contributed by atoms with van der Waals surface area (Å²) in [4.78, 5) is 26.4. The van der Waals surface area contributed by atoms with Gasteiger partial charge in [0.2, 0.25) is 0 Å². The fourth-order valence-corrected chi connectivity index (χ4v) is 2.97. The van der Waals surface area contributed by atoms with Gasteiger partial charge in [0.25, 0.3) is 0 Å². The normalized spacial score (nSPS) is 16.6. The third-order valence-corrected chi connectivity index (χ3v) is 4.33. The lowest BCUT2D eigenvalue weighted by Crippen LogP contribution is -2.47. The maximum absolute atomic E-state index is 12.0. The van der Waals surface area contributed by atoms with E-state index in [9.17, 15) is 9.59 Å². The Morgan fingerprint density at radius 2 is 1.87 bits per heavy atom. The van der Waals surface area contributed by atoms with E-state index in [2.05, 4.69) is 34.5 Å². The van der Waals surface area contributed by atoms with Crippen LogP contribution in [-0.4, -0.2) is 47.5 Å². The Morgan fingerprint density at radius 3 is 2.39 bits per heavy atom. The van der Waals surface area contributed by atoms with Gasteiger partial charge in [-0.1, -0.05) is 19.0 Å². The number of nitrogens with one attached hydrogen (secondary N) is 2. The minimum Gasteiger partial charge on any atom is -0.359 e. The number of aromatic nitrogens is 1. The molecule has 0 saturated carbocycles. The molecule has 1 aromatic heterocycles. The molecule has 0 radical (unpaired) electrons. The van der Waals surface area contributed by atoms with Crippen LogP contribution in [0.5, 0.6) is 0 Å². The van der Waals surface area contributed by atoms with Gasteiger partial charge >= 0.3 is 11.8 Å². The first-order valence-corrected chi connectivity index (χ1v) is 8.16. The van der Waals surface area contributed by atoms with Gasteiger partial charge in [0, 0.05) is 12.6 Å². The molecule has 0 spiro atoms. The second-order valence-corrected chi connectivity index (χ2v) is 6.42. The van der Waals surface area contributed by atoms with Crippen molar-refractivity contribution in [1.82, 2.24) is 15.4 Å². The highest BCUT2D eigenvalue weighted by atomic mass is 16.5. The topological polar surface area (TPSA) is 87.5 Å². The van der Waals surface area contributed by atoms with Gasteiger partial charge in [-0.2, -0.15) is 0 Å². The Hall–Kier alpha value is -1.89. The summed E-state index contributed by atoms with van der Waals surface area (Å²) in [6.07, 6.45) is 2.40. The second kappa shape index (κ2) is 7.59. The van der Waals surface area contributed by atoms with Crippen molar-refractivity contribution >= 4 is 17.5 Å². The fraction of sp³-hybridized carbons (Fsp3) is 0.688. The zero-order valence-corrected chi connectivity index (χ0v) is 14.3. The molecule has 7 heteroatoms. The molecular formula is C16H26N4O3. The van der Waals surface area contributed by atoms with Crippen LogP contribution in [0.3, 0.4) is 0 Å². The van der Waals surface area contributed by atoms with E-state index in [0.29, 0.717) is 29.6 Å². The first-order valence-electron chi connectivity index (χ1n) is 8.16. The van der Waals surface area contributed by atoms with E-state index < -0.39 is 11.8 Å². The standard InChI is InChI=1S/C16H26N4O3/c1-10(2)13(20-7-5-6-8-20)9-17-15(21)16(22)18-14-11(3)19-23-12(14)4/h10,13H,5-9H2,1-4H3,(H,17,21)(H,18,22)/t13-/m1/s1. The summed E-state index contributed by atoms with van der Waals surface area (Å²) < 4.78 is 4.97. The third kappa shape index (κ3) is 4.31. The average molecular weight is 322 g/mol. The van der Waals surface area contributed by atoms with Crippen molar-refractivity contribution in [2.24, 2.45) is 5.92 Å². The number of amides is 2. The van der Waals surface area contributed by atoms with Crippen LogP contribution < -0.4 is 10.6 Å². The molecule has 1 aliphatic rings. The van der Waals surface area contributed by atoms with Gasteiger partial charge < -0.3 is 15.2 Å². The Bertz CT molecular complexity index is 542. The van der Waals surface area contributed by atoms with Crippen LogP contribution in [0.25, 0.3) is 0 Å². The largest absolute Gasteiger partial charge is 0.359 e. The number of rotatable bonds is 5. The zero-order chi connectivity index (χ0) is 17.0. The van der Waals surface area contributed by atoms with Crippen molar-refractivity contribution in [2.75, 3.05) is 25.0 Å². The highest BCUT2D eigenvalue weighted by Gasteiger charge is 2.26. The van der Waals surface area contributed by atoms with Gasteiger partial charge in [-0.15, -0.1) is 0 Å². The summed E-state index contributed by atoms with van der Waals surface area (Å²) in [6.45, 7) is 10.3. The van der Waals surface area contributed by atoms with Crippen molar-refractivity contribution in [1.29, 1.82) is 0 Å². The number of hydrogen-bond acceptors (Lipinski definition) is 5. The van der Waals surface area contributed by atoms with Crippen LogP contribution in [0.4, 0.5) is 5.69 Å². The SMILES string of the molecule is Cc1noc(C)c1NC(=O)C(=O)NC[C@H](C(C)C)N1CCCC1. The van der Waals surface area contributed by atoms with E-state index in [1.165, 1.54) is 12.8 Å². The quantitative estimate of drug-likeness (QED) is 0.802. The molecule has 2 heterocycles. The highest BCUT2D eigenvalue weighted by molar-refractivity contribution is 6.39. The van der Waals surface area contributed by atoms with Gasteiger partial charge in [-0.3, -0.25) is 14.5 Å². The van der Waals surface area contributed by atoms with Gasteiger partial charge in [0.05, 0.1) is 0 Å². The summed E-state index contributed by atoms with van der Waals surface area (Å²) in [5.41, 5.74) is 1.02. The third-order valence-electron chi connectivity index (χ3n) is 4.33. The van der Waals surface area contributed by atoms with Gasteiger partial charge in [0.1, 0.15) is 11.4 Å². The number of aryl methyl sites for hydroxylation is 2. The van der Waals surface area contributed by atoms with Gasteiger partial charge in [0.15, 0.2) is 5.76 Å². The van der Waals surface area contributed by atoms with Crippen molar-refractivity contribution in [2.45, 2.75) is 46.6 Å². The van der Waals surface area contributed by atoms with E-state index in [1.807, 2.05) is 0 Å². The number of anilines is 1. The fourth-order valence-electron chi connectivity index (χ4n) is 2.97. The average Bonchev–Trinajstić information content (AvgIpc) is 3.12. The van der Waals surface area contributed by atoms with Gasteiger partial charge in [-0.05, 0) is 45.7 Å². The summed E-state index contributed by atoms with van der Waals surface area (Å²) in [7, 11) is 0. The lowest BCUT2D eigenvalue weighted by atomic mass is 10.0. The lowest BCUT2D eigenvalue weighted by Gasteiger charge is -2.30. The van der Waals surface area contributed by atoms with E-state index in [0.717, 1.165) is 13.1 Å². The van der Waals surface area contributed by atoms with Gasteiger partial charge in [-0.25, -0.2) is 0 Å². The molecule has 1 aliphatic heterocycles. The molecule has 2 rings (SSSR count). The van der Waals surface area contributed by atoms with Crippen molar-refractivity contribution < 1.29 is 14.1 Å². The van der Waals surface area contributed by atoms with Crippen LogP contribution in [-0.2, 0) is 9.59 Å². The predicted octanol–water partition coefficient (Wildman–Crippen LogP) is 1.47. The molecule has 1 saturated heterocycles. The summed E-state index contributed by atoms with van der Waals surface area (Å²) >= 11 is 0. The predicted molar refractivity (Wildman–Crippen MR) is 87.0 cm³/mol. The van der Waals surface area contributed by atoms with Crippen molar-refractivity contribution in [3.8, 4) is 0 Å². The lowest BCUT2D eigenvalue weighted by molar-refractivity contribution is -0.136. The molecule has 23 heavy (non-hydrogen) atoms. The van der Waals surface area contributed by atoms with Crippen LogP contribution in [0.15, 0.2) is 4.52 Å². The maximum atomic E-state index is 12.0. The maximum Gasteiger partial charge on any atom is 0.313 e. The number of carbonyl (C=O) groups is 2. The Labute approximate surface area is 136 Å². The summed E-state index contributed by atoms with van der Waals surface area (Å²) in [5, 5.41) is 9.06. The van der Waals surface area contributed by atoms with E-state index in [1.54, 1.807) is 13.8 Å². The number of hydrogen-bond donors (Lipinski definition) is 2. The first kappa shape index (κ1) is 17.5. The van der Waals surface area contributed by atoms with Crippen LogP contribution in [0.2, 0.25) is 0 Å². The first-order chi connectivity index (χ1) is 10.9. The smallest absolute Gasteiger partial charge is 0.313 e. The van der Waals surface area contributed by atoms with E-state index >= 15 is 0 Å². The summed E-state index contributed by atoms with van der Waals surface area (Å²) in [6, 6.07) is 0.258. The Kier molecular flexibility index (Phi) is 5.76. The molecular weight excluding hydrogens is 296 g/mol. The van der Waals surface area contributed by atoms with Crippen molar-refractivity contribution in [3.63, 3.8) is 0 Å². The van der Waals surface area contributed by atoms with Crippen LogP contribution in [0.1, 0.15) is 38.1 Å². The van der Waals surface area contributed by atoms with E-state index in [4.69, 9.17) is 4.52 Å². The minimum atomic E-state index is -0.691. The minimum absolute atomic E-state index is 0.258. The zero-order valence-electron chi connectivity index (χ0n) is 14.3. The molecule has 1 atom stereocenters. The monoisotopic (exact) mass is 322 g/mol. The molecule has 2 N–H and O–H groups in total. The highest BCUT2D eigenvalue weighted by Crippen LogP contribution is 2.19. The molecule has 0 unspecified atom stereocenters. The molecule has 1 aromatic rings. The molecule has 7 nitrogen and oxygen atoms in total. The van der Waals surface area contributed by atoms with Crippen LogP contribution in [0, 0.1) is 19.8 Å². The molecule has 0 aromatic carbocycles. The number of nitrogens with zero attached hydrogens (tertiary/aromatic N) is 2. The van der Waals surface area contributed by atoms with Crippen LogP contribution >= 0.6 is 0 Å². The second-order valence-electron chi connectivity index (χ2n) is 6.42. The Balaban J connectivity index is 1.89.